The lowest BCUT2D eigenvalue weighted by atomic mass is 10.2. The van der Waals surface area contributed by atoms with E-state index in [1.54, 1.807) is 4.68 Å². The summed E-state index contributed by atoms with van der Waals surface area (Å²) < 4.78 is 1.80. The van der Waals surface area contributed by atoms with Crippen LogP contribution < -0.4 is 0 Å². The summed E-state index contributed by atoms with van der Waals surface area (Å²) in [6.07, 6.45) is 3.05. The fourth-order valence-corrected chi connectivity index (χ4v) is 2.07. The minimum atomic E-state index is 0.450. The Bertz CT molecular complexity index is 570. The molecule has 4 nitrogen and oxygen atoms in total. The maximum Gasteiger partial charge on any atom is 0.172 e. The normalized spacial score (nSPS) is 14.9. The third kappa shape index (κ3) is 1.75. The van der Waals surface area contributed by atoms with Crippen molar-refractivity contribution in [1.82, 2.24) is 15.0 Å². The quantitative estimate of drug-likeness (QED) is 0.756. The van der Waals surface area contributed by atoms with Crippen LogP contribution in [0.15, 0.2) is 24.3 Å². The predicted molar refractivity (Wildman–Crippen MR) is 63.5 cm³/mol. The van der Waals surface area contributed by atoms with Crippen molar-refractivity contribution in [3.8, 4) is 5.69 Å². The number of hydrogen-bond donors (Lipinski definition) is 0. The summed E-state index contributed by atoms with van der Waals surface area (Å²) >= 11 is 0. The fraction of sp³-hybridized carbons (Fsp3) is 0.308. The number of benzene rings is 1. The maximum absolute atomic E-state index is 11.0. The zero-order chi connectivity index (χ0) is 11.8. The van der Waals surface area contributed by atoms with Crippen LogP contribution in [0.5, 0.6) is 0 Å². The molecule has 0 atom stereocenters. The molecule has 0 spiro atoms. The maximum atomic E-state index is 11.0. The van der Waals surface area contributed by atoms with Crippen LogP contribution in [0.25, 0.3) is 5.69 Å². The molecular weight excluding hydrogens is 214 g/mol. The summed E-state index contributed by atoms with van der Waals surface area (Å²) in [5.74, 6) is 0.450. The minimum absolute atomic E-state index is 0.450. The van der Waals surface area contributed by atoms with Gasteiger partial charge in [0.25, 0.3) is 0 Å². The van der Waals surface area contributed by atoms with Gasteiger partial charge in [-0.2, -0.15) is 0 Å². The molecule has 1 aliphatic rings. The van der Waals surface area contributed by atoms with E-state index < -0.39 is 0 Å². The van der Waals surface area contributed by atoms with E-state index in [-0.39, 0.29) is 0 Å². The summed E-state index contributed by atoms with van der Waals surface area (Å²) in [5, 5.41) is 8.04. The molecule has 1 heterocycles. The van der Waals surface area contributed by atoms with Gasteiger partial charge in [0.05, 0.1) is 11.4 Å². The van der Waals surface area contributed by atoms with Crippen LogP contribution in [0, 0.1) is 6.92 Å². The first-order valence-corrected chi connectivity index (χ1v) is 5.77. The lowest BCUT2D eigenvalue weighted by Gasteiger charge is -2.06. The van der Waals surface area contributed by atoms with Gasteiger partial charge >= 0.3 is 0 Å². The molecule has 4 heteroatoms. The minimum Gasteiger partial charge on any atom is -0.296 e. The van der Waals surface area contributed by atoms with E-state index in [9.17, 15) is 4.79 Å². The van der Waals surface area contributed by atoms with Gasteiger partial charge < -0.3 is 0 Å². The third-order valence-electron chi connectivity index (χ3n) is 3.05. The molecule has 0 N–H and O–H groups in total. The Balaban J connectivity index is 2.14. The van der Waals surface area contributed by atoms with Gasteiger partial charge in [-0.25, -0.2) is 4.68 Å². The molecule has 0 unspecified atom stereocenters. The van der Waals surface area contributed by atoms with E-state index >= 15 is 0 Å². The predicted octanol–water partition coefficient (Wildman–Crippen LogP) is 2.27. The van der Waals surface area contributed by atoms with Crippen molar-refractivity contribution in [3.05, 3.63) is 41.2 Å². The average molecular weight is 227 g/mol. The second kappa shape index (κ2) is 3.80. The summed E-state index contributed by atoms with van der Waals surface area (Å²) in [7, 11) is 0. The van der Waals surface area contributed by atoms with Gasteiger partial charge in [0.1, 0.15) is 5.69 Å². The molecule has 17 heavy (non-hydrogen) atoms. The van der Waals surface area contributed by atoms with Gasteiger partial charge in [0.2, 0.25) is 0 Å². The van der Waals surface area contributed by atoms with Crippen molar-refractivity contribution in [1.29, 1.82) is 0 Å². The smallest absolute Gasteiger partial charge is 0.172 e. The number of aldehydes is 1. The van der Waals surface area contributed by atoms with Crippen molar-refractivity contribution >= 4 is 6.29 Å². The Morgan fingerprint density at radius 3 is 2.88 bits per heavy atom. The van der Waals surface area contributed by atoms with Crippen molar-refractivity contribution in [3.63, 3.8) is 0 Å². The lowest BCUT2D eigenvalue weighted by Crippen LogP contribution is -2.02. The Hall–Kier alpha value is -1.97. The molecule has 0 amide bonds. The first-order chi connectivity index (χ1) is 8.29. The van der Waals surface area contributed by atoms with Crippen LogP contribution in [0.2, 0.25) is 0 Å². The van der Waals surface area contributed by atoms with Gasteiger partial charge in [-0.15, -0.1) is 5.10 Å². The van der Waals surface area contributed by atoms with Crippen molar-refractivity contribution < 1.29 is 4.79 Å². The zero-order valence-electron chi connectivity index (χ0n) is 9.63. The van der Waals surface area contributed by atoms with Crippen LogP contribution in [0.4, 0.5) is 0 Å². The third-order valence-corrected chi connectivity index (χ3v) is 3.05. The molecule has 2 aromatic rings. The molecule has 0 radical (unpaired) electrons. The van der Waals surface area contributed by atoms with Crippen molar-refractivity contribution in [2.24, 2.45) is 0 Å². The van der Waals surface area contributed by atoms with Gasteiger partial charge in [-0.1, -0.05) is 17.3 Å². The molecular formula is C13H13N3O. The van der Waals surface area contributed by atoms with Gasteiger partial charge in [0.15, 0.2) is 6.29 Å². The summed E-state index contributed by atoms with van der Waals surface area (Å²) in [5.41, 5.74) is 3.60. The largest absolute Gasteiger partial charge is 0.296 e. The van der Waals surface area contributed by atoms with E-state index in [1.165, 1.54) is 5.56 Å². The SMILES string of the molecule is Cc1cccc(-n2nnc(C=O)c2C2CC2)c1. The van der Waals surface area contributed by atoms with E-state index in [1.807, 2.05) is 25.1 Å². The molecule has 1 aromatic carbocycles. The van der Waals surface area contributed by atoms with Crippen LogP contribution in [-0.2, 0) is 0 Å². The van der Waals surface area contributed by atoms with E-state index in [0.717, 1.165) is 30.5 Å². The van der Waals surface area contributed by atoms with Crippen molar-refractivity contribution in [2.45, 2.75) is 25.7 Å². The van der Waals surface area contributed by atoms with Crippen LogP contribution in [0.1, 0.15) is 40.5 Å². The molecule has 0 saturated heterocycles. The number of aryl methyl sites for hydroxylation is 1. The van der Waals surface area contributed by atoms with Gasteiger partial charge in [-0.05, 0) is 37.5 Å². The summed E-state index contributed by atoms with van der Waals surface area (Å²) in [4.78, 5) is 11.0. The van der Waals surface area contributed by atoms with E-state index in [2.05, 4.69) is 16.4 Å². The zero-order valence-corrected chi connectivity index (χ0v) is 9.63. The molecule has 1 saturated carbocycles. The Kier molecular flexibility index (Phi) is 2.28. The van der Waals surface area contributed by atoms with Gasteiger partial charge in [-0.3, -0.25) is 4.79 Å². The second-order valence-corrected chi connectivity index (χ2v) is 4.50. The van der Waals surface area contributed by atoms with E-state index in [0.29, 0.717) is 11.6 Å². The first-order valence-electron chi connectivity index (χ1n) is 5.77. The molecule has 1 aliphatic carbocycles. The van der Waals surface area contributed by atoms with Gasteiger partial charge in [0, 0.05) is 5.92 Å². The average Bonchev–Trinajstić information content (AvgIpc) is 3.08. The summed E-state index contributed by atoms with van der Waals surface area (Å²) in [6.45, 7) is 2.04. The fourth-order valence-electron chi connectivity index (χ4n) is 2.07. The lowest BCUT2D eigenvalue weighted by molar-refractivity contribution is 0.111. The number of rotatable bonds is 3. The first kappa shape index (κ1) is 10.2. The molecule has 3 rings (SSSR count). The second-order valence-electron chi connectivity index (χ2n) is 4.50. The highest BCUT2D eigenvalue weighted by Gasteiger charge is 2.31. The topological polar surface area (TPSA) is 47.8 Å². The number of aromatic nitrogens is 3. The molecule has 86 valence electrons. The van der Waals surface area contributed by atoms with Crippen LogP contribution >= 0.6 is 0 Å². The highest BCUT2D eigenvalue weighted by atomic mass is 16.1. The molecule has 0 aliphatic heterocycles. The Morgan fingerprint density at radius 2 is 2.24 bits per heavy atom. The van der Waals surface area contributed by atoms with Crippen LogP contribution in [-0.4, -0.2) is 21.3 Å². The summed E-state index contributed by atoms with van der Waals surface area (Å²) in [6, 6.07) is 8.07. The van der Waals surface area contributed by atoms with E-state index in [4.69, 9.17) is 0 Å². The monoisotopic (exact) mass is 227 g/mol. The molecule has 1 aromatic heterocycles. The highest BCUT2D eigenvalue weighted by molar-refractivity contribution is 5.74. The number of carbonyl (C=O) groups is 1. The van der Waals surface area contributed by atoms with Crippen molar-refractivity contribution in [2.75, 3.05) is 0 Å². The number of nitrogens with zero attached hydrogens (tertiary/aromatic N) is 3. The Labute approximate surface area is 99.3 Å². The Morgan fingerprint density at radius 1 is 1.41 bits per heavy atom. The standard InChI is InChI=1S/C13H13N3O/c1-9-3-2-4-11(7-9)16-13(10-5-6-10)12(8-17)14-15-16/h2-4,7-8,10H,5-6H2,1H3. The van der Waals surface area contributed by atoms with Crippen LogP contribution in [0.3, 0.4) is 0 Å². The number of carbonyl (C=O) groups excluding carboxylic acids is 1. The number of hydrogen-bond acceptors (Lipinski definition) is 3. The highest BCUT2D eigenvalue weighted by Crippen LogP contribution is 2.41. The molecule has 0 bridgehead atoms. The molecule has 1 fully saturated rings.